The Morgan fingerprint density at radius 3 is 2.61 bits per heavy atom. The van der Waals surface area contributed by atoms with Gasteiger partial charge >= 0.3 is 0 Å². The number of hydrogen-bond donors (Lipinski definition) is 1. The Hall–Kier alpha value is -2.38. The first kappa shape index (κ1) is 20.4. The molecule has 150 valence electrons. The molecule has 1 atom stereocenters. The molecule has 1 N–H and O–H groups in total. The number of para-hydroxylation sites is 2. The van der Waals surface area contributed by atoms with E-state index in [4.69, 9.17) is 4.74 Å². The SMILES string of the molecule is CCOc1ccccc1NC(=O)[C@H]1CCCN(S(=O)(=O)Cc2ccccc2)C1. The molecule has 6 nitrogen and oxygen atoms in total. The van der Waals surface area contributed by atoms with Crippen molar-refractivity contribution in [2.24, 2.45) is 5.92 Å². The smallest absolute Gasteiger partial charge is 0.228 e. The second-order valence-corrected chi connectivity index (χ2v) is 8.83. The van der Waals surface area contributed by atoms with Gasteiger partial charge in [-0.3, -0.25) is 4.79 Å². The second-order valence-electron chi connectivity index (χ2n) is 6.86. The highest BCUT2D eigenvalue weighted by Crippen LogP contribution is 2.27. The molecule has 0 spiro atoms. The highest BCUT2D eigenvalue weighted by Gasteiger charge is 2.32. The minimum Gasteiger partial charge on any atom is -0.492 e. The fourth-order valence-electron chi connectivity index (χ4n) is 3.37. The summed E-state index contributed by atoms with van der Waals surface area (Å²) in [5.41, 5.74) is 1.36. The molecule has 28 heavy (non-hydrogen) atoms. The van der Waals surface area contributed by atoms with Crippen LogP contribution in [0.1, 0.15) is 25.3 Å². The normalized spacial score (nSPS) is 17.8. The van der Waals surface area contributed by atoms with E-state index in [9.17, 15) is 13.2 Å². The molecule has 2 aromatic carbocycles. The summed E-state index contributed by atoms with van der Waals surface area (Å²) in [5.74, 6) is 0.0125. The van der Waals surface area contributed by atoms with Gasteiger partial charge in [-0.15, -0.1) is 0 Å². The van der Waals surface area contributed by atoms with Crippen LogP contribution in [0.2, 0.25) is 0 Å². The molecule has 7 heteroatoms. The van der Waals surface area contributed by atoms with Gasteiger partial charge in [0.25, 0.3) is 0 Å². The van der Waals surface area contributed by atoms with Crippen molar-refractivity contribution in [2.75, 3.05) is 25.0 Å². The third kappa shape index (κ3) is 5.11. The number of benzene rings is 2. The molecule has 3 rings (SSSR count). The number of carbonyl (C=O) groups is 1. The summed E-state index contributed by atoms with van der Waals surface area (Å²) in [5, 5.41) is 2.90. The maximum atomic E-state index is 12.8. The fraction of sp³-hybridized carbons (Fsp3) is 0.381. The summed E-state index contributed by atoms with van der Waals surface area (Å²) < 4.78 is 32.6. The van der Waals surface area contributed by atoms with Crippen molar-refractivity contribution in [1.82, 2.24) is 4.31 Å². The van der Waals surface area contributed by atoms with Crippen molar-refractivity contribution in [3.63, 3.8) is 0 Å². The summed E-state index contributed by atoms with van der Waals surface area (Å²) in [4.78, 5) is 12.8. The van der Waals surface area contributed by atoms with Gasteiger partial charge in [-0.2, -0.15) is 0 Å². The van der Waals surface area contributed by atoms with Gasteiger partial charge in [0.1, 0.15) is 5.75 Å². The number of nitrogens with one attached hydrogen (secondary N) is 1. The van der Waals surface area contributed by atoms with E-state index in [0.29, 0.717) is 37.4 Å². The Bertz CT molecular complexity index is 900. The molecule has 0 bridgehead atoms. The Kier molecular flexibility index (Phi) is 6.70. The van der Waals surface area contributed by atoms with E-state index in [2.05, 4.69) is 5.32 Å². The molecule has 0 unspecified atom stereocenters. The first-order chi connectivity index (χ1) is 13.5. The molecule has 1 amide bonds. The lowest BCUT2D eigenvalue weighted by molar-refractivity contribution is -0.120. The quantitative estimate of drug-likeness (QED) is 0.771. The predicted octanol–water partition coefficient (Wildman–Crippen LogP) is 3.27. The van der Waals surface area contributed by atoms with Gasteiger partial charge in [-0.05, 0) is 37.5 Å². The number of anilines is 1. The maximum Gasteiger partial charge on any atom is 0.228 e. The molecule has 1 aliphatic rings. The average Bonchev–Trinajstić information content (AvgIpc) is 2.70. The highest BCUT2D eigenvalue weighted by molar-refractivity contribution is 7.88. The molecule has 1 fully saturated rings. The number of carbonyl (C=O) groups excluding carboxylic acids is 1. The van der Waals surface area contributed by atoms with E-state index >= 15 is 0 Å². The number of rotatable bonds is 7. The fourth-order valence-corrected chi connectivity index (χ4v) is 4.98. The van der Waals surface area contributed by atoms with Crippen LogP contribution in [0.5, 0.6) is 5.75 Å². The zero-order valence-corrected chi connectivity index (χ0v) is 16.8. The van der Waals surface area contributed by atoms with Gasteiger partial charge in [0.2, 0.25) is 15.9 Å². The Labute approximate surface area is 166 Å². The van der Waals surface area contributed by atoms with E-state index in [0.717, 1.165) is 5.56 Å². The molecule has 1 aliphatic heterocycles. The molecular weight excluding hydrogens is 376 g/mol. The van der Waals surface area contributed by atoms with Crippen molar-refractivity contribution in [3.8, 4) is 5.75 Å². The van der Waals surface area contributed by atoms with Crippen molar-refractivity contribution >= 4 is 21.6 Å². The van der Waals surface area contributed by atoms with Gasteiger partial charge in [-0.25, -0.2) is 12.7 Å². The minimum atomic E-state index is -3.46. The lowest BCUT2D eigenvalue weighted by Gasteiger charge is -2.31. The third-order valence-electron chi connectivity index (χ3n) is 4.78. The molecule has 0 radical (unpaired) electrons. The standard InChI is InChI=1S/C21H26N2O4S/c1-2-27-20-13-7-6-12-19(20)22-21(24)18-11-8-14-23(15-18)28(25,26)16-17-9-4-3-5-10-17/h3-7,9-10,12-13,18H,2,8,11,14-16H2,1H3,(H,22,24)/t18-/m0/s1. The van der Waals surface area contributed by atoms with Crippen molar-refractivity contribution in [3.05, 3.63) is 60.2 Å². The molecule has 1 heterocycles. The van der Waals surface area contributed by atoms with E-state index in [1.54, 1.807) is 24.3 Å². The molecule has 0 aliphatic carbocycles. The molecule has 1 saturated heterocycles. The van der Waals surface area contributed by atoms with Crippen LogP contribution in [0.4, 0.5) is 5.69 Å². The molecule has 0 aromatic heterocycles. The summed E-state index contributed by atoms with van der Waals surface area (Å²) >= 11 is 0. The topological polar surface area (TPSA) is 75.7 Å². The molecular formula is C21H26N2O4S. The highest BCUT2D eigenvalue weighted by atomic mass is 32.2. The first-order valence-corrected chi connectivity index (χ1v) is 11.1. The van der Waals surface area contributed by atoms with Gasteiger partial charge in [-0.1, -0.05) is 42.5 Å². The second kappa shape index (κ2) is 9.21. The Balaban J connectivity index is 1.67. The van der Waals surface area contributed by atoms with Gasteiger partial charge in [0, 0.05) is 13.1 Å². The van der Waals surface area contributed by atoms with Gasteiger partial charge < -0.3 is 10.1 Å². The van der Waals surface area contributed by atoms with Crippen LogP contribution < -0.4 is 10.1 Å². The zero-order valence-electron chi connectivity index (χ0n) is 16.0. The van der Waals surface area contributed by atoms with E-state index in [-0.39, 0.29) is 24.1 Å². The number of hydrogen-bond acceptors (Lipinski definition) is 4. The van der Waals surface area contributed by atoms with Gasteiger partial charge in [0.15, 0.2) is 0 Å². The molecule has 0 saturated carbocycles. The molecule has 2 aromatic rings. The summed E-state index contributed by atoms with van der Waals surface area (Å²) in [6, 6.07) is 16.4. The van der Waals surface area contributed by atoms with Crippen molar-refractivity contribution in [2.45, 2.75) is 25.5 Å². The number of piperidine rings is 1. The summed E-state index contributed by atoms with van der Waals surface area (Å²) in [7, 11) is -3.46. The van der Waals surface area contributed by atoms with Gasteiger partial charge in [0.05, 0.1) is 24.0 Å². The minimum absolute atomic E-state index is 0.0463. The largest absolute Gasteiger partial charge is 0.492 e. The van der Waals surface area contributed by atoms with E-state index in [1.165, 1.54) is 4.31 Å². The predicted molar refractivity (Wildman–Crippen MR) is 110 cm³/mol. The van der Waals surface area contributed by atoms with Crippen LogP contribution in [-0.2, 0) is 20.6 Å². The van der Waals surface area contributed by atoms with Crippen LogP contribution in [-0.4, -0.2) is 38.3 Å². The number of amides is 1. The van der Waals surface area contributed by atoms with Crippen LogP contribution in [0.25, 0.3) is 0 Å². The van der Waals surface area contributed by atoms with Crippen LogP contribution in [0.3, 0.4) is 0 Å². The Morgan fingerprint density at radius 2 is 1.86 bits per heavy atom. The van der Waals surface area contributed by atoms with E-state index < -0.39 is 10.0 Å². The van der Waals surface area contributed by atoms with Crippen LogP contribution in [0.15, 0.2) is 54.6 Å². The number of nitrogens with zero attached hydrogens (tertiary/aromatic N) is 1. The van der Waals surface area contributed by atoms with Crippen molar-refractivity contribution < 1.29 is 17.9 Å². The number of sulfonamides is 1. The average molecular weight is 403 g/mol. The zero-order chi connectivity index (χ0) is 20.0. The monoisotopic (exact) mass is 402 g/mol. The number of ether oxygens (including phenoxy) is 1. The van der Waals surface area contributed by atoms with E-state index in [1.807, 2.05) is 37.3 Å². The summed E-state index contributed by atoms with van der Waals surface area (Å²) in [6.45, 7) is 3.04. The van der Waals surface area contributed by atoms with Crippen LogP contribution >= 0.6 is 0 Å². The third-order valence-corrected chi connectivity index (χ3v) is 6.60. The summed E-state index contributed by atoms with van der Waals surface area (Å²) in [6.07, 6.45) is 1.33. The van der Waals surface area contributed by atoms with Crippen LogP contribution in [0, 0.1) is 5.92 Å². The first-order valence-electron chi connectivity index (χ1n) is 9.54. The lowest BCUT2D eigenvalue weighted by atomic mass is 9.98. The maximum absolute atomic E-state index is 12.8. The lowest BCUT2D eigenvalue weighted by Crippen LogP contribution is -2.44. The Morgan fingerprint density at radius 1 is 1.14 bits per heavy atom. The van der Waals surface area contributed by atoms with Crippen molar-refractivity contribution in [1.29, 1.82) is 0 Å².